The van der Waals surface area contributed by atoms with Crippen molar-refractivity contribution in [2.75, 3.05) is 7.11 Å². The van der Waals surface area contributed by atoms with E-state index in [9.17, 15) is 19.2 Å². The zero-order chi connectivity index (χ0) is 14.3. The molecule has 0 saturated carbocycles. The zero-order valence-electron chi connectivity index (χ0n) is 9.47. The molecule has 0 aliphatic heterocycles. The minimum atomic E-state index is -1.27. The van der Waals surface area contributed by atoms with Crippen LogP contribution >= 0.6 is 0 Å². The number of carbonyl (C=O) groups is 4. The summed E-state index contributed by atoms with van der Waals surface area (Å²) in [7, 11) is 1.02. The Morgan fingerprint density at radius 3 is 2.06 bits per heavy atom. The van der Waals surface area contributed by atoms with Crippen LogP contribution in [0, 0.1) is 0 Å². The number of carboxylic acid groups (broad SMARTS) is 1. The maximum absolute atomic E-state index is 11.5. The summed E-state index contributed by atoms with van der Waals surface area (Å²) >= 11 is 0. The molecule has 0 aliphatic rings. The third-order valence-electron chi connectivity index (χ3n) is 1.74. The molecule has 0 atom stereocenters. The summed E-state index contributed by atoms with van der Waals surface area (Å²) in [5.41, 5.74) is 8.46. The molecule has 0 heterocycles. The van der Waals surface area contributed by atoms with E-state index in [-0.39, 0.29) is 0 Å². The topological polar surface area (TPSA) is 159 Å². The fourth-order valence-corrected chi connectivity index (χ4v) is 0.988. The average molecular weight is 260 g/mol. The second-order valence-electron chi connectivity index (χ2n) is 3.01. The monoisotopic (exact) mass is 260 g/mol. The number of hydrogen-bond donors (Lipinski definition) is 3. The normalized spacial score (nSPS) is 11.4. The molecule has 0 rings (SSSR count). The second kappa shape index (κ2) is 7.01. The maximum atomic E-state index is 11.5. The first kappa shape index (κ1) is 15.6. The lowest BCUT2D eigenvalue weighted by Gasteiger charge is -2.05. The Bertz CT molecular complexity index is 413. The summed E-state index contributed by atoms with van der Waals surface area (Å²) in [6.07, 6.45) is -1.04. The molecule has 0 unspecified atom stereocenters. The SMILES string of the molecule is COOC(=O)/C(N)=C(/C(N)=O)C(=O)CCC(=O)O. The molecule has 100 valence electrons. The van der Waals surface area contributed by atoms with Gasteiger partial charge in [-0.25, -0.2) is 4.79 Å². The van der Waals surface area contributed by atoms with E-state index in [4.69, 9.17) is 16.6 Å². The minimum absolute atomic E-state index is 0.519. The lowest BCUT2D eigenvalue weighted by molar-refractivity contribution is -0.250. The van der Waals surface area contributed by atoms with E-state index in [1.807, 2.05) is 0 Å². The quantitative estimate of drug-likeness (QED) is 0.159. The number of carbonyl (C=O) groups excluding carboxylic acids is 3. The van der Waals surface area contributed by atoms with Crippen molar-refractivity contribution < 1.29 is 34.1 Å². The molecule has 0 spiro atoms. The Morgan fingerprint density at radius 1 is 1.11 bits per heavy atom. The fraction of sp³-hybridized carbons (Fsp3) is 0.333. The highest BCUT2D eigenvalue weighted by atomic mass is 17.2. The first-order valence-electron chi connectivity index (χ1n) is 4.60. The van der Waals surface area contributed by atoms with Crippen LogP contribution in [0.25, 0.3) is 0 Å². The van der Waals surface area contributed by atoms with Crippen LogP contribution in [0.2, 0.25) is 0 Å². The molecule has 18 heavy (non-hydrogen) atoms. The summed E-state index contributed by atoms with van der Waals surface area (Å²) in [5, 5.41) is 8.39. The van der Waals surface area contributed by atoms with Gasteiger partial charge in [0, 0.05) is 6.42 Å². The van der Waals surface area contributed by atoms with Crippen LogP contribution in [0.4, 0.5) is 0 Å². The van der Waals surface area contributed by atoms with E-state index < -0.39 is 47.7 Å². The van der Waals surface area contributed by atoms with Gasteiger partial charge in [-0.1, -0.05) is 0 Å². The van der Waals surface area contributed by atoms with Gasteiger partial charge in [-0.15, -0.1) is 0 Å². The second-order valence-corrected chi connectivity index (χ2v) is 3.01. The highest BCUT2D eigenvalue weighted by Crippen LogP contribution is 2.07. The van der Waals surface area contributed by atoms with Crippen LogP contribution < -0.4 is 11.5 Å². The lowest BCUT2D eigenvalue weighted by atomic mass is 10.0. The molecule has 0 fully saturated rings. The first-order chi connectivity index (χ1) is 8.31. The summed E-state index contributed by atoms with van der Waals surface area (Å²) in [6.45, 7) is 0. The molecule has 0 aromatic carbocycles. The number of ketones is 1. The molecular formula is C9H12N2O7. The standard InChI is InChI=1S/C9H12N2O7/c1-17-18-9(16)7(10)6(8(11)15)4(12)2-3-5(13)14/h2-3,10H2,1H3,(H2,11,15)(H,13,14)/b7-6-. The van der Waals surface area contributed by atoms with Gasteiger partial charge in [-0.05, 0) is 0 Å². The smallest absolute Gasteiger partial charge is 0.389 e. The van der Waals surface area contributed by atoms with Crippen LogP contribution in [-0.4, -0.2) is 35.8 Å². The number of primary amides is 1. The molecule has 9 nitrogen and oxygen atoms in total. The van der Waals surface area contributed by atoms with Gasteiger partial charge in [0.1, 0.15) is 11.3 Å². The number of Topliss-reactive ketones (excluding diaryl/α,β-unsaturated/α-hetero) is 1. The van der Waals surface area contributed by atoms with Crippen LogP contribution in [0.5, 0.6) is 0 Å². The molecule has 0 aromatic heterocycles. The number of hydrogen-bond acceptors (Lipinski definition) is 7. The van der Waals surface area contributed by atoms with Gasteiger partial charge in [-0.3, -0.25) is 19.3 Å². The fourth-order valence-electron chi connectivity index (χ4n) is 0.988. The number of nitrogens with two attached hydrogens (primary N) is 2. The van der Waals surface area contributed by atoms with E-state index in [1.165, 1.54) is 0 Å². The van der Waals surface area contributed by atoms with Crippen LogP contribution in [-0.2, 0) is 29.0 Å². The van der Waals surface area contributed by atoms with E-state index in [0.29, 0.717) is 0 Å². The zero-order valence-corrected chi connectivity index (χ0v) is 9.47. The molecule has 0 aliphatic carbocycles. The Labute approximate surface area is 101 Å². The molecule has 0 saturated heterocycles. The van der Waals surface area contributed by atoms with E-state index in [1.54, 1.807) is 0 Å². The van der Waals surface area contributed by atoms with Gasteiger partial charge in [-0.2, -0.15) is 4.89 Å². The third kappa shape index (κ3) is 4.61. The van der Waals surface area contributed by atoms with E-state index in [0.717, 1.165) is 7.11 Å². The van der Waals surface area contributed by atoms with Crippen molar-refractivity contribution >= 4 is 23.6 Å². The maximum Gasteiger partial charge on any atom is 0.389 e. The number of rotatable bonds is 7. The van der Waals surface area contributed by atoms with Gasteiger partial charge in [0.25, 0.3) is 5.91 Å². The van der Waals surface area contributed by atoms with Crippen molar-refractivity contribution in [1.82, 2.24) is 0 Å². The van der Waals surface area contributed by atoms with E-state index >= 15 is 0 Å². The Balaban J connectivity index is 5.11. The molecule has 0 aromatic rings. The molecule has 1 amide bonds. The summed E-state index contributed by atoms with van der Waals surface area (Å²) in [4.78, 5) is 51.9. The van der Waals surface area contributed by atoms with Crippen molar-refractivity contribution in [3.05, 3.63) is 11.3 Å². The molecule has 0 bridgehead atoms. The predicted octanol–water partition coefficient (Wildman–Crippen LogP) is -1.78. The highest BCUT2D eigenvalue weighted by molar-refractivity contribution is 6.22. The minimum Gasteiger partial charge on any atom is -0.481 e. The molecule has 9 heteroatoms. The van der Waals surface area contributed by atoms with Crippen molar-refractivity contribution in [2.24, 2.45) is 11.5 Å². The predicted molar refractivity (Wildman–Crippen MR) is 55.4 cm³/mol. The third-order valence-corrected chi connectivity index (χ3v) is 1.74. The van der Waals surface area contributed by atoms with E-state index in [2.05, 4.69) is 9.78 Å². The van der Waals surface area contributed by atoms with Gasteiger partial charge >= 0.3 is 11.9 Å². The van der Waals surface area contributed by atoms with Crippen molar-refractivity contribution in [2.45, 2.75) is 12.8 Å². The first-order valence-corrected chi connectivity index (χ1v) is 4.60. The summed E-state index contributed by atoms with van der Waals surface area (Å²) in [5.74, 6) is -4.73. The largest absolute Gasteiger partial charge is 0.481 e. The van der Waals surface area contributed by atoms with Crippen molar-refractivity contribution in [3.8, 4) is 0 Å². The Hall–Kier alpha value is -2.42. The van der Waals surface area contributed by atoms with Crippen molar-refractivity contribution in [1.29, 1.82) is 0 Å². The van der Waals surface area contributed by atoms with Gasteiger partial charge in [0.05, 0.1) is 13.5 Å². The Morgan fingerprint density at radius 2 is 1.67 bits per heavy atom. The molecule has 5 N–H and O–H groups in total. The van der Waals surface area contributed by atoms with Crippen LogP contribution in [0.3, 0.4) is 0 Å². The number of aliphatic carboxylic acids is 1. The summed E-state index contributed by atoms with van der Waals surface area (Å²) < 4.78 is 0. The van der Waals surface area contributed by atoms with Gasteiger partial charge in [0.2, 0.25) is 0 Å². The highest BCUT2D eigenvalue weighted by Gasteiger charge is 2.25. The average Bonchev–Trinajstić information content (AvgIpc) is 2.26. The van der Waals surface area contributed by atoms with Gasteiger partial charge in [0.15, 0.2) is 5.78 Å². The summed E-state index contributed by atoms with van der Waals surface area (Å²) in [6, 6.07) is 0. The van der Waals surface area contributed by atoms with Gasteiger partial charge < -0.3 is 16.6 Å². The molecular weight excluding hydrogens is 248 g/mol. The van der Waals surface area contributed by atoms with Crippen LogP contribution in [0.15, 0.2) is 11.3 Å². The number of carboxylic acids is 1. The molecule has 0 radical (unpaired) electrons. The Kier molecular flexibility index (Phi) is 6.07. The van der Waals surface area contributed by atoms with Crippen LogP contribution in [0.1, 0.15) is 12.8 Å². The lowest BCUT2D eigenvalue weighted by Crippen LogP contribution is -2.29. The number of amides is 1. The van der Waals surface area contributed by atoms with Crippen molar-refractivity contribution in [3.63, 3.8) is 0 Å².